The number of nitrogens with one attached hydrogen (secondary N) is 1. The van der Waals surface area contributed by atoms with E-state index in [-0.39, 0.29) is 6.04 Å². The summed E-state index contributed by atoms with van der Waals surface area (Å²) in [6.45, 7) is 3.97. The van der Waals surface area contributed by atoms with E-state index in [1.807, 2.05) is 6.92 Å². The molecule has 0 heterocycles. The summed E-state index contributed by atoms with van der Waals surface area (Å²) in [5.41, 5.74) is 0.322. The maximum absolute atomic E-state index is 10.8. The minimum absolute atomic E-state index is 0.138. The van der Waals surface area contributed by atoms with Gasteiger partial charge in [0.25, 0.3) is 0 Å². The van der Waals surface area contributed by atoms with Crippen LogP contribution in [0.15, 0.2) is 11.6 Å². The first kappa shape index (κ1) is 13.3. The number of carboxylic acids is 1. The van der Waals surface area contributed by atoms with Gasteiger partial charge in [0.15, 0.2) is 0 Å². The smallest absolute Gasteiger partial charge is 0.330 e. The zero-order valence-corrected chi connectivity index (χ0v) is 9.56. The molecule has 0 aliphatic carbocycles. The van der Waals surface area contributed by atoms with Crippen molar-refractivity contribution in [2.24, 2.45) is 0 Å². The van der Waals surface area contributed by atoms with E-state index in [1.54, 1.807) is 19.3 Å². The molecule has 0 bridgehead atoms. The summed E-state index contributed by atoms with van der Waals surface area (Å²) in [6, 6.07) is 0.138. The molecule has 0 aliphatic heterocycles. The molecule has 2 unspecified atom stereocenters. The minimum atomic E-state index is -0.904. The van der Waals surface area contributed by atoms with Crippen LogP contribution in [0, 0.1) is 0 Å². The zero-order chi connectivity index (χ0) is 11.1. The molecular formula is C9H17NO3S. The third-order valence-electron chi connectivity index (χ3n) is 1.70. The molecule has 14 heavy (non-hydrogen) atoms. The Morgan fingerprint density at radius 2 is 2.21 bits per heavy atom. The summed E-state index contributed by atoms with van der Waals surface area (Å²) in [7, 11) is -0.818. The van der Waals surface area contributed by atoms with Gasteiger partial charge >= 0.3 is 5.97 Å². The molecule has 0 radical (unpaired) electrons. The van der Waals surface area contributed by atoms with E-state index in [0.717, 1.165) is 0 Å². The molecule has 5 heteroatoms. The Morgan fingerprint density at radius 3 is 2.64 bits per heavy atom. The SMILES string of the molecule is C/C(=C/CNC(C)CS(C)=O)C(=O)O. The Balaban J connectivity index is 3.78. The van der Waals surface area contributed by atoms with Crippen LogP contribution in [0.5, 0.6) is 0 Å². The molecule has 0 rings (SSSR count). The highest BCUT2D eigenvalue weighted by Gasteiger charge is 2.03. The van der Waals surface area contributed by atoms with Gasteiger partial charge < -0.3 is 10.4 Å². The van der Waals surface area contributed by atoms with E-state index in [2.05, 4.69) is 5.32 Å². The van der Waals surface area contributed by atoms with Crippen LogP contribution in [0.25, 0.3) is 0 Å². The van der Waals surface area contributed by atoms with Crippen molar-refractivity contribution in [1.29, 1.82) is 0 Å². The van der Waals surface area contributed by atoms with Crippen LogP contribution >= 0.6 is 0 Å². The maximum atomic E-state index is 10.8. The fourth-order valence-corrected chi connectivity index (χ4v) is 1.73. The first-order valence-electron chi connectivity index (χ1n) is 4.37. The van der Waals surface area contributed by atoms with Gasteiger partial charge in [0, 0.05) is 41.0 Å². The van der Waals surface area contributed by atoms with E-state index in [9.17, 15) is 9.00 Å². The number of hydrogen-bond acceptors (Lipinski definition) is 3. The summed E-state index contributed by atoms with van der Waals surface area (Å²) in [4.78, 5) is 10.4. The van der Waals surface area contributed by atoms with Gasteiger partial charge in [0.1, 0.15) is 0 Å². The molecule has 4 nitrogen and oxygen atoms in total. The second-order valence-electron chi connectivity index (χ2n) is 3.24. The fraction of sp³-hybridized carbons (Fsp3) is 0.667. The lowest BCUT2D eigenvalue weighted by Gasteiger charge is -2.09. The molecule has 0 aliphatic rings. The second-order valence-corrected chi connectivity index (χ2v) is 4.72. The van der Waals surface area contributed by atoms with Crippen LogP contribution in [0.2, 0.25) is 0 Å². The van der Waals surface area contributed by atoms with Crippen LogP contribution in [-0.4, -0.2) is 39.9 Å². The molecule has 0 aromatic rings. The minimum Gasteiger partial charge on any atom is -0.478 e. The summed E-state index contributed by atoms with van der Waals surface area (Å²) < 4.78 is 10.8. The molecule has 0 spiro atoms. The van der Waals surface area contributed by atoms with Crippen LogP contribution < -0.4 is 5.32 Å². The van der Waals surface area contributed by atoms with E-state index in [1.165, 1.54) is 0 Å². The summed E-state index contributed by atoms with van der Waals surface area (Å²) >= 11 is 0. The Hall–Kier alpha value is -0.680. The molecule has 0 aromatic heterocycles. The van der Waals surface area contributed by atoms with Crippen molar-refractivity contribution < 1.29 is 14.1 Å². The van der Waals surface area contributed by atoms with Crippen molar-refractivity contribution in [3.63, 3.8) is 0 Å². The number of carboxylic acid groups (broad SMARTS) is 1. The van der Waals surface area contributed by atoms with Crippen molar-refractivity contribution in [2.45, 2.75) is 19.9 Å². The molecule has 2 N–H and O–H groups in total. The molecular weight excluding hydrogens is 202 g/mol. The number of carbonyl (C=O) groups is 1. The summed E-state index contributed by atoms with van der Waals surface area (Å²) in [5, 5.41) is 11.6. The first-order chi connectivity index (χ1) is 6.43. The normalized spacial score (nSPS) is 16.4. The van der Waals surface area contributed by atoms with Crippen molar-refractivity contribution in [3.8, 4) is 0 Å². The average Bonchev–Trinajstić information content (AvgIpc) is 2.02. The van der Waals surface area contributed by atoms with Crippen molar-refractivity contribution >= 4 is 16.8 Å². The maximum Gasteiger partial charge on any atom is 0.330 e. The molecule has 0 aromatic carbocycles. The Bertz CT molecular complexity index is 250. The highest BCUT2D eigenvalue weighted by molar-refractivity contribution is 7.84. The predicted molar refractivity (Wildman–Crippen MR) is 57.8 cm³/mol. The summed E-state index contributed by atoms with van der Waals surface area (Å²) in [5.74, 6) is -0.321. The lowest BCUT2D eigenvalue weighted by Crippen LogP contribution is -2.31. The van der Waals surface area contributed by atoms with Gasteiger partial charge in [-0.15, -0.1) is 0 Å². The number of aliphatic carboxylic acids is 1. The monoisotopic (exact) mass is 219 g/mol. The van der Waals surface area contributed by atoms with Crippen LogP contribution in [-0.2, 0) is 15.6 Å². The average molecular weight is 219 g/mol. The highest BCUT2D eigenvalue weighted by atomic mass is 32.2. The predicted octanol–water partition coefficient (Wildman–Crippen LogP) is 0.374. The van der Waals surface area contributed by atoms with E-state index < -0.39 is 16.8 Å². The number of rotatable bonds is 6. The standard InChI is InChI=1S/C9H17NO3S/c1-7(9(11)12)4-5-10-8(2)6-14(3)13/h4,8,10H,5-6H2,1-3H3,(H,11,12)/b7-4-. The molecule has 0 saturated heterocycles. The van der Waals surface area contributed by atoms with E-state index in [0.29, 0.717) is 17.9 Å². The second kappa shape index (κ2) is 6.73. The Kier molecular flexibility index (Phi) is 6.40. The molecule has 0 fully saturated rings. The zero-order valence-electron chi connectivity index (χ0n) is 8.74. The molecule has 82 valence electrons. The third kappa shape index (κ3) is 6.80. The van der Waals surface area contributed by atoms with Crippen LogP contribution in [0.4, 0.5) is 0 Å². The van der Waals surface area contributed by atoms with Gasteiger partial charge in [-0.25, -0.2) is 4.79 Å². The van der Waals surface area contributed by atoms with Crippen molar-refractivity contribution in [2.75, 3.05) is 18.6 Å². The Labute approximate surface area is 86.8 Å². The third-order valence-corrected chi connectivity index (χ3v) is 2.67. The Morgan fingerprint density at radius 1 is 1.64 bits per heavy atom. The van der Waals surface area contributed by atoms with Crippen molar-refractivity contribution in [1.82, 2.24) is 5.32 Å². The topological polar surface area (TPSA) is 66.4 Å². The molecule has 0 saturated carbocycles. The lowest BCUT2D eigenvalue weighted by atomic mass is 10.3. The van der Waals surface area contributed by atoms with E-state index in [4.69, 9.17) is 5.11 Å². The van der Waals surface area contributed by atoms with Crippen molar-refractivity contribution in [3.05, 3.63) is 11.6 Å². The quantitative estimate of drug-likeness (QED) is 0.634. The van der Waals surface area contributed by atoms with Gasteiger partial charge in [-0.05, 0) is 13.8 Å². The van der Waals surface area contributed by atoms with E-state index >= 15 is 0 Å². The van der Waals surface area contributed by atoms with Gasteiger partial charge in [-0.1, -0.05) is 6.08 Å². The first-order valence-corrected chi connectivity index (χ1v) is 6.09. The van der Waals surface area contributed by atoms with Gasteiger partial charge in [0.2, 0.25) is 0 Å². The highest BCUT2D eigenvalue weighted by Crippen LogP contribution is 1.91. The van der Waals surface area contributed by atoms with Crippen LogP contribution in [0.1, 0.15) is 13.8 Å². The van der Waals surface area contributed by atoms with Gasteiger partial charge in [-0.2, -0.15) is 0 Å². The summed E-state index contributed by atoms with van der Waals surface area (Å²) in [6.07, 6.45) is 3.26. The van der Waals surface area contributed by atoms with Gasteiger partial charge in [0.05, 0.1) is 0 Å². The largest absolute Gasteiger partial charge is 0.478 e. The molecule has 0 amide bonds. The van der Waals surface area contributed by atoms with Crippen LogP contribution in [0.3, 0.4) is 0 Å². The molecule has 2 atom stereocenters. The fourth-order valence-electron chi connectivity index (χ4n) is 0.912. The number of hydrogen-bond donors (Lipinski definition) is 2. The lowest BCUT2D eigenvalue weighted by molar-refractivity contribution is -0.132. The van der Waals surface area contributed by atoms with Gasteiger partial charge in [-0.3, -0.25) is 4.21 Å².